The Hall–Kier alpha value is -6.56. The van der Waals surface area contributed by atoms with Gasteiger partial charge >= 0.3 is 0 Å². The molecule has 10 aromatic rings. The highest BCUT2D eigenvalue weighted by Gasteiger charge is 2.41. The summed E-state index contributed by atoms with van der Waals surface area (Å²) in [5, 5.41) is 7.61. The van der Waals surface area contributed by atoms with Gasteiger partial charge in [0.25, 0.3) is 0 Å². The standard InChI is InChI=1S/C48H34N4Si/c1-53(2)44-24-14-11-21-37(44)45-46(49-47(50-48(45)53)32-15-5-3-6-16-32)31-25-27-34(28-26-31)52-41-23-13-10-20-36(41)39-29-42-38(30-43(39)52)35-19-9-12-22-40(35)51(42)33-17-7-4-8-18-33/h3-30H,1-2H3. The molecule has 11 rings (SSSR count). The zero-order chi connectivity index (χ0) is 35.3. The molecular weight excluding hydrogens is 661 g/mol. The molecule has 0 N–H and O–H groups in total. The van der Waals surface area contributed by atoms with E-state index in [0.717, 1.165) is 34.0 Å². The van der Waals surface area contributed by atoms with E-state index in [9.17, 15) is 0 Å². The van der Waals surface area contributed by atoms with Gasteiger partial charge in [0.2, 0.25) is 0 Å². The predicted octanol–water partition coefficient (Wildman–Crippen LogP) is 10.8. The predicted molar refractivity (Wildman–Crippen MR) is 224 cm³/mol. The van der Waals surface area contributed by atoms with Crippen LogP contribution in [0.3, 0.4) is 0 Å². The maximum atomic E-state index is 5.33. The molecule has 0 radical (unpaired) electrons. The van der Waals surface area contributed by atoms with Gasteiger partial charge in [0.15, 0.2) is 5.82 Å². The quantitative estimate of drug-likeness (QED) is 0.172. The second kappa shape index (κ2) is 11.2. The highest BCUT2D eigenvalue weighted by atomic mass is 28.3. The highest BCUT2D eigenvalue weighted by Crippen LogP contribution is 2.41. The molecule has 5 heteroatoms. The van der Waals surface area contributed by atoms with Crippen LogP contribution in [0.1, 0.15) is 0 Å². The lowest BCUT2D eigenvalue weighted by atomic mass is 10.00. The molecular formula is C48H34N4Si. The van der Waals surface area contributed by atoms with Gasteiger partial charge in [0.1, 0.15) is 8.07 Å². The lowest BCUT2D eigenvalue weighted by Crippen LogP contribution is -2.50. The molecule has 1 aliphatic heterocycles. The molecule has 0 aliphatic carbocycles. The maximum Gasteiger partial charge on any atom is 0.159 e. The molecule has 0 spiro atoms. The van der Waals surface area contributed by atoms with E-state index in [4.69, 9.17) is 9.97 Å². The average molecular weight is 695 g/mol. The summed E-state index contributed by atoms with van der Waals surface area (Å²) in [6.45, 7) is 4.84. The van der Waals surface area contributed by atoms with Gasteiger partial charge in [-0.25, -0.2) is 9.97 Å². The van der Waals surface area contributed by atoms with Crippen LogP contribution in [-0.4, -0.2) is 27.2 Å². The Morgan fingerprint density at radius 3 is 1.60 bits per heavy atom. The van der Waals surface area contributed by atoms with Crippen molar-refractivity contribution in [2.45, 2.75) is 13.1 Å². The Morgan fingerprint density at radius 2 is 0.962 bits per heavy atom. The van der Waals surface area contributed by atoms with Crippen LogP contribution < -0.4 is 10.5 Å². The summed E-state index contributed by atoms with van der Waals surface area (Å²) in [7, 11) is -2.04. The fourth-order valence-electron chi connectivity index (χ4n) is 8.80. The molecule has 0 saturated heterocycles. The van der Waals surface area contributed by atoms with E-state index >= 15 is 0 Å². The zero-order valence-corrected chi connectivity index (χ0v) is 30.5. The van der Waals surface area contributed by atoms with Gasteiger partial charge in [0, 0.05) is 54.9 Å². The number of hydrogen-bond acceptors (Lipinski definition) is 2. The van der Waals surface area contributed by atoms with Crippen molar-refractivity contribution in [3.05, 3.63) is 170 Å². The fraction of sp³-hybridized carbons (Fsp3) is 0.0417. The van der Waals surface area contributed by atoms with E-state index in [0.29, 0.717) is 0 Å². The monoisotopic (exact) mass is 694 g/mol. The Labute approximate surface area is 308 Å². The van der Waals surface area contributed by atoms with E-state index in [1.54, 1.807) is 0 Å². The van der Waals surface area contributed by atoms with E-state index in [1.807, 2.05) is 6.07 Å². The minimum absolute atomic E-state index is 0.790. The molecule has 250 valence electrons. The van der Waals surface area contributed by atoms with Gasteiger partial charge in [-0.1, -0.05) is 134 Å². The summed E-state index contributed by atoms with van der Waals surface area (Å²) in [5.74, 6) is 0.790. The molecule has 4 heterocycles. The maximum absolute atomic E-state index is 5.33. The van der Waals surface area contributed by atoms with E-state index in [-0.39, 0.29) is 0 Å². The third-order valence-corrected chi connectivity index (χ3v) is 14.6. The van der Waals surface area contributed by atoms with Gasteiger partial charge in [0.05, 0.1) is 27.8 Å². The summed E-state index contributed by atoms with van der Waals surface area (Å²) >= 11 is 0. The van der Waals surface area contributed by atoms with E-state index in [1.165, 1.54) is 65.2 Å². The molecule has 1 aliphatic rings. The molecule has 7 aromatic carbocycles. The van der Waals surface area contributed by atoms with Crippen LogP contribution in [0.2, 0.25) is 13.1 Å². The first-order chi connectivity index (χ1) is 26.1. The van der Waals surface area contributed by atoms with Crippen molar-refractivity contribution in [3.63, 3.8) is 0 Å². The van der Waals surface area contributed by atoms with Crippen LogP contribution in [0.25, 0.3) is 88.8 Å². The Balaban J connectivity index is 1.13. The topological polar surface area (TPSA) is 35.6 Å². The van der Waals surface area contributed by atoms with Crippen LogP contribution in [0.4, 0.5) is 0 Å². The van der Waals surface area contributed by atoms with Crippen molar-refractivity contribution < 1.29 is 0 Å². The van der Waals surface area contributed by atoms with Crippen molar-refractivity contribution in [1.82, 2.24) is 19.1 Å². The van der Waals surface area contributed by atoms with Crippen LogP contribution in [0, 0.1) is 0 Å². The van der Waals surface area contributed by atoms with Crippen molar-refractivity contribution in [3.8, 4) is 45.1 Å². The normalized spacial score (nSPS) is 13.2. The van der Waals surface area contributed by atoms with Gasteiger partial charge in [-0.2, -0.15) is 0 Å². The van der Waals surface area contributed by atoms with Gasteiger partial charge in [-0.3, -0.25) is 0 Å². The molecule has 0 unspecified atom stereocenters. The summed E-state index contributed by atoms with van der Waals surface area (Å²) in [5.41, 5.74) is 12.7. The van der Waals surface area contributed by atoms with Crippen molar-refractivity contribution in [2.75, 3.05) is 0 Å². The third kappa shape index (κ3) is 4.35. The minimum Gasteiger partial charge on any atom is -0.309 e. The number of para-hydroxylation sites is 3. The first kappa shape index (κ1) is 30.1. The lowest BCUT2D eigenvalue weighted by Gasteiger charge is -2.19. The SMILES string of the molecule is C[Si]1(C)c2ccccc2-c2c(-c3ccc(-n4c5ccccc5c5cc6c(cc54)c4ccccc4n6-c4ccccc4)cc3)nc(-c3ccccc3)nc21. The smallest absolute Gasteiger partial charge is 0.159 e. The van der Waals surface area contributed by atoms with Crippen LogP contribution in [-0.2, 0) is 0 Å². The molecule has 0 saturated carbocycles. The number of benzene rings is 7. The molecule has 0 amide bonds. The van der Waals surface area contributed by atoms with Gasteiger partial charge < -0.3 is 9.13 Å². The second-order valence-corrected chi connectivity index (χ2v) is 18.9. The molecule has 53 heavy (non-hydrogen) atoms. The Bertz CT molecular complexity index is 3070. The highest BCUT2D eigenvalue weighted by molar-refractivity contribution is 7.03. The largest absolute Gasteiger partial charge is 0.309 e. The summed E-state index contributed by atoms with van der Waals surface area (Å²) in [6.07, 6.45) is 0. The van der Waals surface area contributed by atoms with Crippen molar-refractivity contribution in [2.24, 2.45) is 0 Å². The Kier molecular flexibility index (Phi) is 6.37. The lowest BCUT2D eigenvalue weighted by molar-refractivity contribution is 1.17. The van der Waals surface area contributed by atoms with Crippen LogP contribution in [0.5, 0.6) is 0 Å². The van der Waals surface area contributed by atoms with E-state index < -0.39 is 8.07 Å². The molecule has 0 fully saturated rings. The van der Waals surface area contributed by atoms with Crippen LogP contribution in [0.15, 0.2) is 170 Å². The average Bonchev–Trinajstić information content (AvgIpc) is 3.80. The van der Waals surface area contributed by atoms with Gasteiger partial charge in [-0.05, 0) is 59.3 Å². The van der Waals surface area contributed by atoms with E-state index in [2.05, 4.69) is 186 Å². The number of fused-ring (bicyclic) bond motifs is 9. The Morgan fingerprint density at radius 1 is 0.434 bits per heavy atom. The van der Waals surface area contributed by atoms with Gasteiger partial charge in [-0.15, -0.1) is 0 Å². The number of hydrogen-bond donors (Lipinski definition) is 0. The summed E-state index contributed by atoms with van der Waals surface area (Å²) < 4.78 is 4.82. The summed E-state index contributed by atoms with van der Waals surface area (Å²) in [6, 6.07) is 61.3. The number of aromatic nitrogens is 4. The molecule has 0 bridgehead atoms. The third-order valence-electron chi connectivity index (χ3n) is 11.3. The first-order valence-electron chi connectivity index (χ1n) is 18.3. The minimum atomic E-state index is -2.04. The zero-order valence-electron chi connectivity index (χ0n) is 29.5. The summed E-state index contributed by atoms with van der Waals surface area (Å²) in [4.78, 5) is 10.6. The van der Waals surface area contributed by atoms with Crippen molar-refractivity contribution in [1.29, 1.82) is 0 Å². The van der Waals surface area contributed by atoms with Crippen molar-refractivity contribution >= 4 is 62.2 Å². The molecule has 4 nitrogen and oxygen atoms in total. The van der Waals surface area contributed by atoms with Crippen LogP contribution >= 0.6 is 0 Å². The molecule has 0 atom stereocenters. The molecule has 3 aromatic heterocycles. The fourth-order valence-corrected chi connectivity index (χ4v) is 11.7. The number of rotatable bonds is 4. The number of nitrogens with zero attached hydrogens (tertiary/aromatic N) is 4. The first-order valence-corrected chi connectivity index (χ1v) is 21.3. The second-order valence-electron chi connectivity index (χ2n) is 14.6.